The van der Waals surface area contributed by atoms with E-state index in [9.17, 15) is 4.79 Å². The molecule has 0 radical (unpaired) electrons. The molecule has 0 bridgehead atoms. The number of nitrogens with zero attached hydrogens (tertiary/aromatic N) is 1. The van der Waals surface area contributed by atoms with Gasteiger partial charge < -0.3 is 0 Å². The summed E-state index contributed by atoms with van der Waals surface area (Å²) in [5.41, 5.74) is 0.671. The van der Waals surface area contributed by atoms with Gasteiger partial charge in [0.05, 0.1) is 6.04 Å². The van der Waals surface area contributed by atoms with Crippen molar-refractivity contribution in [2.45, 2.75) is 13.0 Å². The number of carbonyl (C=O) groups is 1. The summed E-state index contributed by atoms with van der Waals surface area (Å²) >= 11 is 0. The highest BCUT2D eigenvalue weighted by atomic mass is 16.1. The van der Waals surface area contributed by atoms with Crippen molar-refractivity contribution < 1.29 is 4.79 Å². The van der Waals surface area contributed by atoms with Crippen molar-refractivity contribution in [1.82, 2.24) is 4.90 Å². The lowest BCUT2D eigenvalue weighted by atomic mass is 10.2. The molecule has 2 atom stereocenters. The third-order valence-electron chi connectivity index (χ3n) is 1.58. The Balaban J connectivity index is 2.46. The average Bonchev–Trinajstić information content (AvgIpc) is 2.44. The fourth-order valence-electron chi connectivity index (χ4n) is 0.793. The maximum absolute atomic E-state index is 11.0. The second kappa shape index (κ2) is 1.95. The molecule has 0 spiro atoms. The van der Waals surface area contributed by atoms with Crippen LogP contribution in [-0.4, -0.2) is 30.3 Å². The second-order valence-corrected chi connectivity index (χ2v) is 2.60. The molecule has 0 aromatic rings. The molecule has 9 heavy (non-hydrogen) atoms. The van der Waals surface area contributed by atoms with E-state index in [2.05, 4.69) is 6.58 Å². The predicted octanol–water partition coefficient (Wildman–Crippen LogP) is 0.446. The lowest BCUT2D eigenvalue weighted by Gasteiger charge is -1.93. The molecule has 0 aromatic heterocycles. The fourth-order valence-corrected chi connectivity index (χ4v) is 0.793. The Morgan fingerprint density at radius 2 is 2.22 bits per heavy atom. The van der Waals surface area contributed by atoms with Gasteiger partial charge in [-0.25, -0.2) is 0 Å². The molecule has 1 fully saturated rings. The van der Waals surface area contributed by atoms with Crippen LogP contribution in [0.5, 0.6) is 0 Å². The van der Waals surface area contributed by atoms with Crippen molar-refractivity contribution in [3.63, 3.8) is 0 Å². The van der Waals surface area contributed by atoms with Crippen LogP contribution in [0.25, 0.3) is 0 Å². The van der Waals surface area contributed by atoms with Crippen molar-refractivity contribution >= 4 is 5.78 Å². The molecule has 1 heterocycles. The molecular weight excluding hydrogens is 114 g/mol. The molecule has 0 aliphatic carbocycles. The summed E-state index contributed by atoms with van der Waals surface area (Å²) in [5.74, 6) is 0.192. The Kier molecular flexibility index (Phi) is 1.41. The van der Waals surface area contributed by atoms with Crippen molar-refractivity contribution in [3.8, 4) is 0 Å². The SMILES string of the molecule is C=C(C)C(=O)C1CN1C. The molecule has 1 aliphatic heterocycles. The first-order valence-corrected chi connectivity index (χ1v) is 3.03. The third-order valence-corrected chi connectivity index (χ3v) is 1.58. The topological polar surface area (TPSA) is 20.1 Å². The van der Waals surface area contributed by atoms with E-state index in [-0.39, 0.29) is 11.8 Å². The molecular formula is C7H11NO. The Labute approximate surface area is 55.2 Å². The van der Waals surface area contributed by atoms with Gasteiger partial charge in [-0.15, -0.1) is 0 Å². The lowest BCUT2D eigenvalue weighted by Crippen LogP contribution is -2.10. The van der Waals surface area contributed by atoms with Gasteiger partial charge in [-0.2, -0.15) is 0 Å². The van der Waals surface area contributed by atoms with Gasteiger partial charge in [0.15, 0.2) is 5.78 Å². The first-order valence-electron chi connectivity index (χ1n) is 3.03. The summed E-state index contributed by atoms with van der Waals surface area (Å²) in [6.07, 6.45) is 0. The van der Waals surface area contributed by atoms with Crippen LogP contribution in [0.2, 0.25) is 0 Å². The van der Waals surface area contributed by atoms with Gasteiger partial charge in [0.25, 0.3) is 0 Å². The zero-order valence-corrected chi connectivity index (χ0v) is 5.85. The maximum Gasteiger partial charge on any atom is 0.176 e. The lowest BCUT2D eigenvalue weighted by molar-refractivity contribution is -0.115. The van der Waals surface area contributed by atoms with Crippen LogP contribution < -0.4 is 0 Å². The second-order valence-electron chi connectivity index (χ2n) is 2.60. The van der Waals surface area contributed by atoms with Crippen LogP contribution in [0.4, 0.5) is 0 Å². The predicted molar refractivity (Wildman–Crippen MR) is 36.2 cm³/mol. The summed E-state index contributed by atoms with van der Waals surface area (Å²) in [4.78, 5) is 13.0. The zero-order valence-electron chi connectivity index (χ0n) is 5.85. The summed E-state index contributed by atoms with van der Waals surface area (Å²) in [6.45, 7) is 6.24. The highest BCUT2D eigenvalue weighted by molar-refractivity contribution is 6.00. The van der Waals surface area contributed by atoms with Gasteiger partial charge in [-0.3, -0.25) is 9.69 Å². The third kappa shape index (κ3) is 1.19. The normalized spacial score (nSPS) is 31.8. The van der Waals surface area contributed by atoms with Crippen LogP contribution in [0, 0.1) is 0 Å². The van der Waals surface area contributed by atoms with Crippen LogP contribution in [0.3, 0.4) is 0 Å². The molecule has 2 unspecified atom stereocenters. The van der Waals surface area contributed by atoms with E-state index < -0.39 is 0 Å². The molecule has 0 saturated carbocycles. The number of hydrogen-bond donors (Lipinski definition) is 0. The number of ketones is 1. The monoisotopic (exact) mass is 125 g/mol. The number of Topliss-reactive ketones (excluding diaryl/α,β-unsaturated/α-hetero) is 1. The van der Waals surface area contributed by atoms with Gasteiger partial charge in [0, 0.05) is 6.54 Å². The summed E-state index contributed by atoms with van der Waals surface area (Å²) in [7, 11) is 1.94. The van der Waals surface area contributed by atoms with Crippen molar-refractivity contribution in [1.29, 1.82) is 0 Å². The van der Waals surface area contributed by atoms with E-state index in [0.717, 1.165) is 6.54 Å². The summed E-state index contributed by atoms with van der Waals surface area (Å²) in [5, 5.41) is 0. The zero-order chi connectivity index (χ0) is 7.02. The van der Waals surface area contributed by atoms with Gasteiger partial charge in [0.2, 0.25) is 0 Å². The van der Waals surface area contributed by atoms with E-state index in [4.69, 9.17) is 0 Å². The fraction of sp³-hybridized carbons (Fsp3) is 0.571. The highest BCUT2D eigenvalue weighted by Gasteiger charge is 2.36. The minimum atomic E-state index is 0.155. The van der Waals surface area contributed by atoms with Crippen molar-refractivity contribution in [3.05, 3.63) is 12.2 Å². The number of likely N-dealkylation sites (N-methyl/N-ethyl adjacent to an activating group) is 1. The molecule has 0 N–H and O–H groups in total. The molecule has 1 saturated heterocycles. The highest BCUT2D eigenvalue weighted by Crippen LogP contribution is 2.16. The van der Waals surface area contributed by atoms with Crippen LogP contribution >= 0.6 is 0 Å². The Hall–Kier alpha value is -0.630. The Morgan fingerprint density at radius 1 is 1.78 bits per heavy atom. The van der Waals surface area contributed by atoms with Crippen LogP contribution in [0.15, 0.2) is 12.2 Å². The maximum atomic E-state index is 11.0. The summed E-state index contributed by atoms with van der Waals surface area (Å²) in [6, 6.07) is 0.155. The first kappa shape index (κ1) is 6.49. The van der Waals surface area contributed by atoms with Gasteiger partial charge in [0.1, 0.15) is 0 Å². The van der Waals surface area contributed by atoms with E-state index in [1.807, 2.05) is 11.9 Å². The van der Waals surface area contributed by atoms with Gasteiger partial charge >= 0.3 is 0 Å². The van der Waals surface area contributed by atoms with Gasteiger partial charge in [-0.1, -0.05) is 6.58 Å². The molecule has 1 rings (SSSR count). The van der Waals surface area contributed by atoms with E-state index in [0.29, 0.717) is 5.57 Å². The standard InChI is InChI=1S/C7H11NO/c1-5(2)7(9)6-4-8(6)3/h6H,1,4H2,2-3H3. The Bertz CT molecular complexity index is 162. The van der Waals surface area contributed by atoms with E-state index >= 15 is 0 Å². The quantitative estimate of drug-likeness (QED) is 0.394. The summed E-state index contributed by atoms with van der Waals surface area (Å²) < 4.78 is 0. The molecule has 0 aromatic carbocycles. The number of carbonyl (C=O) groups excluding carboxylic acids is 1. The molecule has 2 nitrogen and oxygen atoms in total. The smallest absolute Gasteiger partial charge is 0.176 e. The molecule has 0 amide bonds. The molecule has 2 heteroatoms. The minimum Gasteiger partial charge on any atom is -0.293 e. The molecule has 1 aliphatic rings. The largest absolute Gasteiger partial charge is 0.293 e. The van der Waals surface area contributed by atoms with Gasteiger partial charge in [-0.05, 0) is 19.5 Å². The van der Waals surface area contributed by atoms with Crippen molar-refractivity contribution in [2.24, 2.45) is 0 Å². The van der Waals surface area contributed by atoms with Crippen LogP contribution in [0.1, 0.15) is 6.92 Å². The first-order chi connectivity index (χ1) is 4.13. The molecule has 50 valence electrons. The van der Waals surface area contributed by atoms with Crippen LogP contribution in [-0.2, 0) is 4.79 Å². The minimum absolute atomic E-state index is 0.155. The average molecular weight is 125 g/mol. The van der Waals surface area contributed by atoms with E-state index in [1.54, 1.807) is 6.92 Å². The number of rotatable bonds is 2. The van der Waals surface area contributed by atoms with Crippen molar-refractivity contribution in [2.75, 3.05) is 13.6 Å². The Morgan fingerprint density at radius 3 is 2.33 bits per heavy atom. The van der Waals surface area contributed by atoms with E-state index in [1.165, 1.54) is 0 Å². The number of hydrogen-bond acceptors (Lipinski definition) is 2.